The third kappa shape index (κ3) is 7.11. The lowest BCUT2D eigenvalue weighted by Crippen LogP contribution is -2.23. The van der Waals surface area contributed by atoms with Gasteiger partial charge in [0.15, 0.2) is 0 Å². The fourth-order valence-corrected chi connectivity index (χ4v) is 0.811. The normalized spacial score (nSPS) is 16.4. The first-order valence-electron chi connectivity index (χ1n) is 4.96. The zero-order valence-corrected chi connectivity index (χ0v) is 9.73. The molecule has 4 nitrogen and oxygen atoms in total. The summed E-state index contributed by atoms with van der Waals surface area (Å²) < 4.78 is 5.00. The molecule has 0 radical (unpaired) electrons. The summed E-state index contributed by atoms with van der Waals surface area (Å²) >= 11 is 0. The van der Waals surface area contributed by atoms with Crippen molar-refractivity contribution in [1.29, 1.82) is 0 Å². The van der Waals surface area contributed by atoms with Crippen LogP contribution in [0.15, 0.2) is 12.2 Å². The maximum Gasteiger partial charge on any atom is 0.331 e. The van der Waals surface area contributed by atoms with E-state index >= 15 is 0 Å². The van der Waals surface area contributed by atoms with E-state index in [9.17, 15) is 9.90 Å². The Bertz CT molecular complexity index is 227. The highest BCUT2D eigenvalue weighted by atomic mass is 16.6. The van der Waals surface area contributed by atoms with Gasteiger partial charge in [-0.25, -0.2) is 4.79 Å². The number of rotatable bonds is 4. The van der Waals surface area contributed by atoms with Gasteiger partial charge in [0.25, 0.3) is 0 Å². The first kappa shape index (κ1) is 14.1. The van der Waals surface area contributed by atoms with Crippen LogP contribution in [-0.2, 0) is 9.53 Å². The van der Waals surface area contributed by atoms with Gasteiger partial charge in [0, 0.05) is 18.6 Å². The predicted molar refractivity (Wildman–Crippen MR) is 57.2 cm³/mol. The van der Waals surface area contributed by atoms with Gasteiger partial charge < -0.3 is 14.9 Å². The van der Waals surface area contributed by atoms with Crippen LogP contribution in [-0.4, -0.2) is 34.5 Å². The van der Waals surface area contributed by atoms with E-state index in [0.717, 1.165) is 0 Å². The molecule has 0 amide bonds. The summed E-state index contributed by atoms with van der Waals surface area (Å²) in [5.74, 6) is -0.782. The molecule has 0 heterocycles. The van der Waals surface area contributed by atoms with Crippen LogP contribution >= 0.6 is 0 Å². The lowest BCUT2D eigenvalue weighted by molar-refractivity contribution is -0.148. The lowest BCUT2D eigenvalue weighted by atomic mass is 10.1. The van der Waals surface area contributed by atoms with Gasteiger partial charge in [-0.1, -0.05) is 6.92 Å². The van der Waals surface area contributed by atoms with Crippen molar-refractivity contribution in [2.24, 2.45) is 5.92 Å². The summed E-state index contributed by atoms with van der Waals surface area (Å²) in [4.78, 5) is 11.2. The molecule has 0 aliphatic rings. The van der Waals surface area contributed by atoms with Crippen LogP contribution < -0.4 is 0 Å². The largest absolute Gasteiger partial charge is 0.457 e. The van der Waals surface area contributed by atoms with Crippen molar-refractivity contribution in [2.75, 3.05) is 6.61 Å². The summed E-state index contributed by atoms with van der Waals surface area (Å²) in [6.45, 7) is 6.87. The van der Waals surface area contributed by atoms with Gasteiger partial charge in [0.05, 0.1) is 6.10 Å². The third-order valence-electron chi connectivity index (χ3n) is 1.71. The second kappa shape index (κ2) is 5.88. The molecule has 2 N–H and O–H groups in total. The highest BCUT2D eigenvalue weighted by Gasteiger charge is 2.15. The molecule has 0 aromatic rings. The second-order valence-corrected chi connectivity index (χ2v) is 4.54. The molecule has 0 saturated heterocycles. The van der Waals surface area contributed by atoms with Gasteiger partial charge in [-0.05, 0) is 26.8 Å². The van der Waals surface area contributed by atoms with Crippen LogP contribution in [0.2, 0.25) is 0 Å². The topological polar surface area (TPSA) is 66.8 Å². The molecule has 0 unspecified atom stereocenters. The fourth-order valence-electron chi connectivity index (χ4n) is 0.811. The number of carbonyl (C=O) groups excluding carboxylic acids is 1. The molecule has 0 rings (SSSR count). The van der Waals surface area contributed by atoms with E-state index in [4.69, 9.17) is 9.84 Å². The van der Waals surface area contributed by atoms with Crippen molar-refractivity contribution >= 4 is 5.97 Å². The van der Waals surface area contributed by atoms with Crippen LogP contribution in [0.3, 0.4) is 0 Å². The Balaban J connectivity index is 4.12. The highest BCUT2D eigenvalue weighted by Crippen LogP contribution is 2.08. The standard InChI is InChI=1S/C11H20O4/c1-8(7-12)9(13)5-6-10(14)15-11(2,3)4/h5-6,8-9,12-13H,7H2,1-4H3/b6-5+/t8-,9-/m1/s1. The zero-order chi connectivity index (χ0) is 12.1. The number of ether oxygens (including phenoxy) is 1. The quantitative estimate of drug-likeness (QED) is 0.540. The minimum Gasteiger partial charge on any atom is -0.457 e. The molecule has 0 fully saturated rings. The molecule has 88 valence electrons. The summed E-state index contributed by atoms with van der Waals surface area (Å²) in [5, 5.41) is 18.2. The zero-order valence-electron chi connectivity index (χ0n) is 9.73. The van der Waals surface area contributed by atoms with Gasteiger partial charge in [-0.2, -0.15) is 0 Å². The number of aliphatic hydroxyl groups is 2. The highest BCUT2D eigenvalue weighted by molar-refractivity contribution is 5.82. The number of aliphatic hydroxyl groups excluding tert-OH is 2. The van der Waals surface area contributed by atoms with Crippen LogP contribution in [0.4, 0.5) is 0 Å². The molecular formula is C11H20O4. The van der Waals surface area contributed by atoms with E-state index in [0.29, 0.717) is 0 Å². The van der Waals surface area contributed by atoms with Gasteiger partial charge in [-0.15, -0.1) is 0 Å². The molecule has 0 saturated carbocycles. The Kier molecular flexibility index (Phi) is 5.54. The van der Waals surface area contributed by atoms with E-state index in [-0.39, 0.29) is 12.5 Å². The predicted octanol–water partition coefficient (Wildman–Crippen LogP) is 0.874. The number of hydrogen-bond acceptors (Lipinski definition) is 4. The monoisotopic (exact) mass is 216 g/mol. The van der Waals surface area contributed by atoms with E-state index in [1.54, 1.807) is 27.7 Å². The molecule has 0 aromatic heterocycles. The maximum atomic E-state index is 11.2. The summed E-state index contributed by atoms with van der Waals surface area (Å²) in [7, 11) is 0. The van der Waals surface area contributed by atoms with Crippen molar-refractivity contribution in [3.63, 3.8) is 0 Å². The molecule has 15 heavy (non-hydrogen) atoms. The van der Waals surface area contributed by atoms with Crippen molar-refractivity contribution in [1.82, 2.24) is 0 Å². The summed E-state index contributed by atoms with van der Waals surface area (Å²) in [5.41, 5.74) is -0.533. The smallest absolute Gasteiger partial charge is 0.331 e. The lowest BCUT2D eigenvalue weighted by Gasteiger charge is -2.18. The Morgan fingerprint density at radius 2 is 2.00 bits per heavy atom. The van der Waals surface area contributed by atoms with Gasteiger partial charge in [-0.3, -0.25) is 0 Å². The third-order valence-corrected chi connectivity index (χ3v) is 1.71. The van der Waals surface area contributed by atoms with Gasteiger partial charge in [0.2, 0.25) is 0 Å². The fraction of sp³-hybridized carbons (Fsp3) is 0.727. The minimum absolute atomic E-state index is 0.125. The van der Waals surface area contributed by atoms with E-state index in [2.05, 4.69) is 0 Å². The summed E-state index contributed by atoms with van der Waals surface area (Å²) in [6.07, 6.45) is 1.68. The molecular weight excluding hydrogens is 196 g/mol. The Hall–Kier alpha value is -0.870. The summed E-state index contributed by atoms with van der Waals surface area (Å²) in [6, 6.07) is 0. The first-order valence-corrected chi connectivity index (χ1v) is 4.96. The first-order chi connectivity index (χ1) is 6.76. The Morgan fingerprint density at radius 1 is 1.47 bits per heavy atom. The van der Waals surface area contributed by atoms with E-state index < -0.39 is 17.7 Å². The second-order valence-electron chi connectivity index (χ2n) is 4.54. The SMILES string of the molecule is C[C@H](CO)[C@H](O)/C=C/C(=O)OC(C)(C)C. The Morgan fingerprint density at radius 3 is 2.40 bits per heavy atom. The van der Waals surface area contributed by atoms with Crippen molar-refractivity contribution < 1.29 is 19.7 Å². The minimum atomic E-state index is -0.831. The Labute approximate surface area is 90.6 Å². The van der Waals surface area contributed by atoms with Crippen molar-refractivity contribution in [3.8, 4) is 0 Å². The number of hydrogen-bond donors (Lipinski definition) is 2. The van der Waals surface area contributed by atoms with E-state index in [1.807, 2.05) is 0 Å². The van der Waals surface area contributed by atoms with Crippen LogP contribution in [0, 0.1) is 5.92 Å². The molecule has 0 bridgehead atoms. The van der Waals surface area contributed by atoms with E-state index in [1.165, 1.54) is 12.2 Å². The number of carbonyl (C=O) groups is 1. The molecule has 2 atom stereocenters. The van der Waals surface area contributed by atoms with Gasteiger partial charge >= 0.3 is 5.97 Å². The van der Waals surface area contributed by atoms with Crippen molar-refractivity contribution in [3.05, 3.63) is 12.2 Å². The van der Waals surface area contributed by atoms with Gasteiger partial charge in [0.1, 0.15) is 5.60 Å². The molecule has 0 aromatic carbocycles. The van der Waals surface area contributed by atoms with Crippen LogP contribution in [0.1, 0.15) is 27.7 Å². The van der Waals surface area contributed by atoms with Crippen molar-refractivity contribution in [2.45, 2.75) is 39.4 Å². The number of esters is 1. The average Bonchev–Trinajstić information content (AvgIpc) is 2.10. The van der Waals surface area contributed by atoms with Crippen LogP contribution in [0.5, 0.6) is 0 Å². The average molecular weight is 216 g/mol. The molecule has 0 spiro atoms. The molecule has 0 aliphatic heterocycles. The van der Waals surface area contributed by atoms with Crippen LogP contribution in [0.25, 0.3) is 0 Å². The molecule has 4 heteroatoms. The molecule has 0 aliphatic carbocycles. The maximum absolute atomic E-state index is 11.2.